The number of furan rings is 1. The number of pyridine rings is 1. The van der Waals surface area contributed by atoms with Crippen molar-refractivity contribution in [1.82, 2.24) is 23.9 Å². The predicted molar refractivity (Wildman–Crippen MR) is 163 cm³/mol. The molecule has 41 heavy (non-hydrogen) atoms. The highest BCUT2D eigenvalue weighted by molar-refractivity contribution is 6.09. The fraction of sp³-hybridized carbons (Fsp3) is 0. The molecule has 0 fully saturated rings. The summed E-state index contributed by atoms with van der Waals surface area (Å²) in [6, 6.07) is 35.4. The van der Waals surface area contributed by atoms with Crippen LogP contribution in [0.5, 0.6) is 0 Å². The molecule has 0 unspecified atom stereocenters. The number of hydrogen-bond acceptors (Lipinski definition) is 4. The van der Waals surface area contributed by atoms with Crippen molar-refractivity contribution in [3.8, 4) is 28.3 Å². The molecule has 0 spiro atoms. The maximum absolute atomic E-state index is 6.24. The Labute approximate surface area is 233 Å². The average molecular weight is 528 g/mol. The Hall–Kier alpha value is -5.75. The van der Waals surface area contributed by atoms with Gasteiger partial charge in [-0.15, -0.1) is 0 Å². The molecular formula is C35H21N5O. The van der Waals surface area contributed by atoms with E-state index in [9.17, 15) is 0 Å². The quantitative estimate of drug-likeness (QED) is 0.231. The summed E-state index contributed by atoms with van der Waals surface area (Å²) in [6.07, 6.45) is 7.59. The molecule has 5 aromatic heterocycles. The molecule has 0 saturated heterocycles. The second-order valence-electron chi connectivity index (χ2n) is 10.2. The minimum atomic E-state index is 0.768. The zero-order valence-corrected chi connectivity index (χ0v) is 21.8. The maximum Gasteiger partial charge on any atom is 0.182 e. The molecule has 0 saturated carbocycles. The van der Waals surface area contributed by atoms with Crippen molar-refractivity contribution in [2.24, 2.45) is 0 Å². The van der Waals surface area contributed by atoms with E-state index in [4.69, 9.17) is 14.4 Å². The van der Waals surface area contributed by atoms with Gasteiger partial charge in [0.25, 0.3) is 0 Å². The van der Waals surface area contributed by atoms with Crippen LogP contribution in [0.15, 0.2) is 132 Å². The number of para-hydroxylation sites is 3. The van der Waals surface area contributed by atoms with E-state index in [0.717, 1.165) is 67.0 Å². The van der Waals surface area contributed by atoms with Crippen LogP contribution in [0.25, 0.3) is 77.7 Å². The highest BCUT2D eigenvalue weighted by Gasteiger charge is 2.20. The van der Waals surface area contributed by atoms with Gasteiger partial charge in [0.1, 0.15) is 11.2 Å². The van der Waals surface area contributed by atoms with Crippen molar-refractivity contribution in [2.75, 3.05) is 0 Å². The number of rotatable bonds is 3. The van der Waals surface area contributed by atoms with Gasteiger partial charge >= 0.3 is 0 Å². The van der Waals surface area contributed by atoms with E-state index in [2.05, 4.69) is 92.9 Å². The first-order valence-electron chi connectivity index (χ1n) is 13.5. The molecule has 0 amide bonds. The standard InChI is InChI=1S/C35H21N5O/c1-4-10-29-24(7-1)25-8-2-5-11-30(25)40(29)35-34-37-20-31(22-15-17-36-18-16-22)39(34)21-28(38-35)23-13-14-27-26-9-3-6-12-32(26)41-33(27)19-23/h1-21H. The van der Waals surface area contributed by atoms with E-state index >= 15 is 0 Å². The Kier molecular flexibility index (Phi) is 4.51. The molecule has 0 bridgehead atoms. The molecule has 6 heteroatoms. The molecule has 0 atom stereocenters. The van der Waals surface area contributed by atoms with Crippen LogP contribution in [-0.2, 0) is 0 Å². The number of imidazole rings is 1. The van der Waals surface area contributed by atoms with Gasteiger partial charge in [0.15, 0.2) is 11.5 Å². The van der Waals surface area contributed by atoms with E-state index < -0.39 is 0 Å². The molecule has 5 heterocycles. The molecule has 6 nitrogen and oxygen atoms in total. The lowest BCUT2D eigenvalue weighted by atomic mass is 10.1. The molecule has 4 aromatic carbocycles. The summed E-state index contributed by atoms with van der Waals surface area (Å²) < 4.78 is 10.6. The first kappa shape index (κ1) is 22.1. The highest BCUT2D eigenvalue weighted by atomic mass is 16.3. The van der Waals surface area contributed by atoms with E-state index in [1.807, 2.05) is 36.5 Å². The summed E-state index contributed by atoms with van der Waals surface area (Å²) >= 11 is 0. The number of hydrogen-bond donors (Lipinski definition) is 0. The average Bonchev–Trinajstić information content (AvgIpc) is 3.72. The molecule has 0 N–H and O–H groups in total. The van der Waals surface area contributed by atoms with Crippen molar-refractivity contribution in [3.63, 3.8) is 0 Å². The zero-order chi connectivity index (χ0) is 26.9. The van der Waals surface area contributed by atoms with Crippen molar-refractivity contribution in [3.05, 3.63) is 128 Å². The fourth-order valence-electron chi connectivity index (χ4n) is 6.03. The van der Waals surface area contributed by atoms with E-state index in [-0.39, 0.29) is 0 Å². The Morgan fingerprint density at radius 2 is 1.29 bits per heavy atom. The third-order valence-electron chi connectivity index (χ3n) is 7.92. The third kappa shape index (κ3) is 3.22. The summed E-state index contributed by atoms with van der Waals surface area (Å²) in [5.74, 6) is 0.768. The number of fused-ring (bicyclic) bond motifs is 7. The number of benzene rings is 4. The van der Waals surface area contributed by atoms with E-state index in [1.54, 1.807) is 12.4 Å². The van der Waals surface area contributed by atoms with Gasteiger partial charge in [-0.1, -0.05) is 60.7 Å². The summed E-state index contributed by atoms with van der Waals surface area (Å²) in [7, 11) is 0. The van der Waals surface area contributed by atoms with Crippen LogP contribution in [0.2, 0.25) is 0 Å². The molecule has 0 aliphatic carbocycles. The largest absolute Gasteiger partial charge is 0.456 e. The zero-order valence-electron chi connectivity index (χ0n) is 21.8. The monoisotopic (exact) mass is 527 g/mol. The van der Waals surface area contributed by atoms with Crippen LogP contribution in [0.1, 0.15) is 0 Å². The van der Waals surface area contributed by atoms with Crippen LogP contribution in [0, 0.1) is 0 Å². The van der Waals surface area contributed by atoms with Gasteiger partial charge in [-0.2, -0.15) is 0 Å². The third-order valence-corrected chi connectivity index (χ3v) is 7.92. The topological polar surface area (TPSA) is 61.1 Å². The van der Waals surface area contributed by atoms with Gasteiger partial charge in [0.2, 0.25) is 0 Å². The van der Waals surface area contributed by atoms with Crippen LogP contribution >= 0.6 is 0 Å². The van der Waals surface area contributed by atoms with E-state index in [1.165, 1.54) is 10.8 Å². The van der Waals surface area contributed by atoms with Crippen molar-refractivity contribution >= 4 is 49.4 Å². The van der Waals surface area contributed by atoms with Crippen molar-refractivity contribution in [2.45, 2.75) is 0 Å². The second kappa shape index (κ2) is 8.37. The van der Waals surface area contributed by atoms with Gasteiger partial charge in [0, 0.05) is 51.3 Å². The summed E-state index contributed by atoms with van der Waals surface area (Å²) in [5, 5.41) is 4.56. The lowest BCUT2D eigenvalue weighted by molar-refractivity contribution is 0.669. The van der Waals surface area contributed by atoms with Crippen LogP contribution in [0.3, 0.4) is 0 Å². The normalized spacial score (nSPS) is 11.9. The number of nitrogens with zero attached hydrogens (tertiary/aromatic N) is 5. The Balaban J connectivity index is 1.38. The Morgan fingerprint density at radius 1 is 0.610 bits per heavy atom. The lowest BCUT2D eigenvalue weighted by Crippen LogP contribution is -2.04. The summed E-state index contributed by atoms with van der Waals surface area (Å²) in [4.78, 5) is 14.4. The molecule has 192 valence electrons. The molecule has 9 aromatic rings. The molecular weight excluding hydrogens is 506 g/mol. The smallest absolute Gasteiger partial charge is 0.182 e. The number of aromatic nitrogens is 5. The second-order valence-corrected chi connectivity index (χ2v) is 10.2. The van der Waals surface area contributed by atoms with Gasteiger partial charge in [-0.05, 0) is 42.5 Å². The highest BCUT2D eigenvalue weighted by Crippen LogP contribution is 2.36. The van der Waals surface area contributed by atoms with Crippen molar-refractivity contribution < 1.29 is 4.42 Å². The summed E-state index contributed by atoms with van der Waals surface area (Å²) in [5.41, 5.74) is 8.45. The minimum absolute atomic E-state index is 0.768. The molecule has 0 aliphatic rings. The first-order valence-corrected chi connectivity index (χ1v) is 13.5. The van der Waals surface area contributed by atoms with Gasteiger partial charge in [-0.25, -0.2) is 9.97 Å². The fourth-order valence-corrected chi connectivity index (χ4v) is 6.03. The van der Waals surface area contributed by atoms with Crippen LogP contribution in [0.4, 0.5) is 0 Å². The Morgan fingerprint density at radius 3 is 2.07 bits per heavy atom. The SMILES string of the molecule is c1ccc2c(c1)oc1cc(-c3cn4c(-c5ccncc5)cnc4c(-n4c5ccccc5c5ccccc54)n3)ccc12. The minimum Gasteiger partial charge on any atom is -0.456 e. The van der Waals surface area contributed by atoms with Crippen molar-refractivity contribution in [1.29, 1.82) is 0 Å². The lowest BCUT2D eigenvalue weighted by Gasteiger charge is -2.12. The first-order chi connectivity index (χ1) is 20.3. The Bertz CT molecular complexity index is 2380. The predicted octanol–water partition coefficient (Wildman–Crippen LogP) is 8.45. The van der Waals surface area contributed by atoms with E-state index in [0.29, 0.717) is 0 Å². The van der Waals surface area contributed by atoms with Crippen LogP contribution in [-0.4, -0.2) is 23.9 Å². The van der Waals surface area contributed by atoms with Crippen LogP contribution < -0.4 is 0 Å². The molecule has 9 rings (SSSR count). The van der Waals surface area contributed by atoms with Gasteiger partial charge in [0.05, 0.1) is 28.6 Å². The molecule has 0 aliphatic heterocycles. The van der Waals surface area contributed by atoms with Gasteiger partial charge < -0.3 is 4.42 Å². The maximum atomic E-state index is 6.24. The molecule has 0 radical (unpaired) electrons. The van der Waals surface area contributed by atoms with Gasteiger partial charge in [-0.3, -0.25) is 14.0 Å². The summed E-state index contributed by atoms with van der Waals surface area (Å²) in [6.45, 7) is 0.